The van der Waals surface area contributed by atoms with E-state index in [2.05, 4.69) is 20.7 Å². The van der Waals surface area contributed by atoms with Gasteiger partial charge in [0.15, 0.2) is 17.1 Å². The van der Waals surface area contributed by atoms with E-state index in [4.69, 9.17) is 14.1 Å². The number of benzene rings is 1. The molecule has 2 aliphatic rings. The van der Waals surface area contributed by atoms with Gasteiger partial charge in [0.25, 0.3) is 5.91 Å². The zero-order chi connectivity index (χ0) is 27.1. The molecule has 0 spiro atoms. The molecule has 1 atom stereocenters. The highest BCUT2D eigenvalue weighted by molar-refractivity contribution is 5.96. The Morgan fingerprint density at radius 2 is 1.97 bits per heavy atom. The van der Waals surface area contributed by atoms with Gasteiger partial charge in [-0.2, -0.15) is 5.10 Å². The van der Waals surface area contributed by atoms with Crippen molar-refractivity contribution >= 4 is 17.4 Å². The van der Waals surface area contributed by atoms with Crippen LogP contribution in [0.15, 0.2) is 35.1 Å². The van der Waals surface area contributed by atoms with Gasteiger partial charge in [0.05, 0.1) is 30.6 Å². The molecule has 1 aliphatic heterocycles. The molecule has 9 nitrogen and oxygen atoms in total. The average molecular weight is 537 g/mol. The summed E-state index contributed by atoms with van der Waals surface area (Å²) < 4.78 is 44.0. The molecule has 2 N–H and O–H groups in total. The molecular weight excluding hydrogens is 506 g/mol. The Kier molecular flexibility index (Phi) is 6.54. The van der Waals surface area contributed by atoms with Crippen molar-refractivity contribution in [2.24, 2.45) is 0 Å². The van der Waals surface area contributed by atoms with E-state index in [0.29, 0.717) is 65.5 Å². The second kappa shape index (κ2) is 10.0. The van der Waals surface area contributed by atoms with Crippen LogP contribution in [0, 0.1) is 12.7 Å². The summed E-state index contributed by atoms with van der Waals surface area (Å²) in [4.78, 5) is 21.5. The number of amides is 1. The molecule has 1 aliphatic carbocycles. The molecule has 0 radical (unpaired) electrons. The minimum Gasteiger partial charge on any atom is -0.437 e. The van der Waals surface area contributed by atoms with Crippen molar-refractivity contribution in [3.8, 4) is 22.5 Å². The van der Waals surface area contributed by atoms with Crippen LogP contribution in [-0.4, -0.2) is 51.8 Å². The number of carbonyl (C=O) groups is 1. The van der Waals surface area contributed by atoms with E-state index >= 15 is 8.78 Å². The van der Waals surface area contributed by atoms with Gasteiger partial charge in [-0.25, -0.2) is 23.3 Å². The number of aryl methyl sites for hydroxylation is 1. The normalized spacial score (nSPS) is 18.9. The molecule has 39 heavy (non-hydrogen) atoms. The third kappa shape index (κ3) is 4.64. The maximum atomic E-state index is 15.6. The van der Waals surface area contributed by atoms with E-state index in [-0.39, 0.29) is 23.4 Å². The number of halogens is 2. The van der Waals surface area contributed by atoms with E-state index in [1.165, 1.54) is 36.1 Å². The summed E-state index contributed by atoms with van der Waals surface area (Å²) in [7, 11) is 1.53. The molecule has 0 bridgehead atoms. The van der Waals surface area contributed by atoms with Crippen LogP contribution in [0.3, 0.4) is 0 Å². The lowest BCUT2D eigenvalue weighted by Gasteiger charge is -2.26. The smallest absolute Gasteiger partial charge is 0.251 e. The first-order valence-electron chi connectivity index (χ1n) is 13.3. The second-order valence-electron chi connectivity index (χ2n) is 10.3. The highest BCUT2D eigenvalue weighted by Crippen LogP contribution is 2.42. The second-order valence-corrected chi connectivity index (χ2v) is 10.3. The fraction of sp³-hybridized carbons (Fsp3) is 0.429. The summed E-state index contributed by atoms with van der Waals surface area (Å²) in [5.74, 6) is 0.141. The van der Waals surface area contributed by atoms with Crippen LogP contribution in [-0.2, 0) is 10.4 Å². The molecule has 204 valence electrons. The number of nitrogens with zero attached hydrogens (tertiary/aromatic N) is 4. The molecule has 3 aromatic heterocycles. The Morgan fingerprint density at radius 3 is 2.72 bits per heavy atom. The van der Waals surface area contributed by atoms with Crippen molar-refractivity contribution in [1.29, 1.82) is 0 Å². The van der Waals surface area contributed by atoms with Gasteiger partial charge in [-0.05, 0) is 56.7 Å². The first-order valence-corrected chi connectivity index (χ1v) is 13.3. The van der Waals surface area contributed by atoms with Gasteiger partial charge in [0.1, 0.15) is 11.6 Å². The summed E-state index contributed by atoms with van der Waals surface area (Å²) >= 11 is 0. The minimum atomic E-state index is -1.58. The summed E-state index contributed by atoms with van der Waals surface area (Å²) in [6.45, 7) is 2.75. The number of aromatic nitrogens is 4. The molecule has 11 heteroatoms. The summed E-state index contributed by atoms with van der Waals surface area (Å²) in [5, 5.41) is 10.4. The molecular formula is C28H30F2N6O3. The van der Waals surface area contributed by atoms with Crippen LogP contribution in [0.2, 0.25) is 0 Å². The zero-order valence-electron chi connectivity index (χ0n) is 21.9. The highest BCUT2D eigenvalue weighted by atomic mass is 19.1. The van der Waals surface area contributed by atoms with Crippen molar-refractivity contribution in [2.75, 3.05) is 25.6 Å². The van der Waals surface area contributed by atoms with Crippen LogP contribution in [0.4, 0.5) is 14.6 Å². The fourth-order valence-electron chi connectivity index (χ4n) is 5.41. The lowest BCUT2D eigenvalue weighted by molar-refractivity contribution is 0.0730. The average Bonchev–Trinajstić information content (AvgIpc) is 3.71. The van der Waals surface area contributed by atoms with E-state index in [1.807, 2.05) is 0 Å². The van der Waals surface area contributed by atoms with E-state index < -0.39 is 11.5 Å². The standard InChI is InChI=1S/C28H30F2N6O3/c1-16-10-17(26(37)31-2)11-19(23(16)29)20-12-33-36-14-21(24(35-25(20)36)34-18-6-9-38-15-18)22-13-32-27(39-22)28(30)7-4-3-5-8-28/h10-14,18H,3-9,15H2,1-2H3,(H,31,37)(H,34,35)/t18-/m0/s1. The largest absolute Gasteiger partial charge is 0.437 e. The third-order valence-electron chi connectivity index (χ3n) is 7.60. The first kappa shape index (κ1) is 25.4. The van der Waals surface area contributed by atoms with Crippen LogP contribution in [0.25, 0.3) is 28.1 Å². The van der Waals surface area contributed by atoms with Gasteiger partial charge in [0, 0.05) is 36.5 Å². The molecule has 1 amide bonds. The SMILES string of the molecule is CNC(=O)c1cc(C)c(F)c(-c2cnn3cc(-c4cnc(C5(F)CCCCC5)o4)c(N[C@H]4CCOC4)nc23)c1. The van der Waals surface area contributed by atoms with Crippen LogP contribution in [0.5, 0.6) is 0 Å². The number of carbonyl (C=O) groups excluding carboxylic acids is 1. The van der Waals surface area contributed by atoms with Crippen molar-refractivity contribution in [1.82, 2.24) is 24.9 Å². The number of anilines is 1. The van der Waals surface area contributed by atoms with Crippen molar-refractivity contribution in [3.05, 3.63) is 53.6 Å². The fourth-order valence-corrected chi connectivity index (χ4v) is 5.41. The maximum Gasteiger partial charge on any atom is 0.251 e. The highest BCUT2D eigenvalue weighted by Gasteiger charge is 2.39. The molecule has 2 fully saturated rings. The molecule has 1 saturated heterocycles. The van der Waals surface area contributed by atoms with Crippen molar-refractivity contribution in [3.63, 3.8) is 0 Å². The predicted molar refractivity (Wildman–Crippen MR) is 141 cm³/mol. The summed E-state index contributed by atoms with van der Waals surface area (Å²) in [6.07, 6.45) is 8.91. The van der Waals surface area contributed by atoms with Gasteiger partial charge in [-0.3, -0.25) is 4.79 Å². The Balaban J connectivity index is 1.47. The number of hydrogen-bond donors (Lipinski definition) is 2. The van der Waals surface area contributed by atoms with Gasteiger partial charge in [-0.1, -0.05) is 6.42 Å². The Bertz CT molecular complexity index is 1540. The maximum absolute atomic E-state index is 15.6. The molecule has 6 rings (SSSR count). The van der Waals surface area contributed by atoms with E-state index in [0.717, 1.165) is 25.7 Å². The molecule has 4 heterocycles. The quantitative estimate of drug-likeness (QED) is 0.349. The number of rotatable bonds is 6. The van der Waals surface area contributed by atoms with E-state index in [1.54, 1.807) is 13.1 Å². The Morgan fingerprint density at radius 1 is 1.15 bits per heavy atom. The zero-order valence-corrected chi connectivity index (χ0v) is 21.9. The number of ether oxygens (including phenoxy) is 1. The Hall–Kier alpha value is -3.86. The van der Waals surface area contributed by atoms with Gasteiger partial charge in [-0.15, -0.1) is 0 Å². The number of nitrogens with one attached hydrogen (secondary N) is 2. The first-order chi connectivity index (χ1) is 18.9. The van der Waals surface area contributed by atoms with Gasteiger partial charge < -0.3 is 19.8 Å². The number of oxazole rings is 1. The van der Waals surface area contributed by atoms with Crippen molar-refractivity contribution < 1.29 is 22.7 Å². The molecule has 4 aromatic rings. The van der Waals surface area contributed by atoms with Gasteiger partial charge in [0.2, 0.25) is 5.89 Å². The number of alkyl halides is 1. The van der Waals surface area contributed by atoms with Gasteiger partial charge >= 0.3 is 0 Å². The monoisotopic (exact) mass is 536 g/mol. The number of fused-ring (bicyclic) bond motifs is 1. The van der Waals surface area contributed by atoms with Crippen LogP contribution in [0.1, 0.15) is 60.3 Å². The molecule has 0 unspecified atom stereocenters. The van der Waals surface area contributed by atoms with Crippen LogP contribution >= 0.6 is 0 Å². The lowest BCUT2D eigenvalue weighted by atomic mass is 9.86. The number of hydrogen-bond acceptors (Lipinski definition) is 7. The molecule has 1 aromatic carbocycles. The summed E-state index contributed by atoms with van der Waals surface area (Å²) in [5.41, 5.74) is 0.686. The molecule has 1 saturated carbocycles. The third-order valence-corrected chi connectivity index (χ3v) is 7.60. The topological polar surface area (TPSA) is 107 Å². The summed E-state index contributed by atoms with van der Waals surface area (Å²) in [6, 6.07) is 3.01. The predicted octanol–water partition coefficient (Wildman–Crippen LogP) is 5.19. The van der Waals surface area contributed by atoms with Crippen molar-refractivity contribution in [2.45, 2.75) is 57.2 Å². The van der Waals surface area contributed by atoms with Crippen LogP contribution < -0.4 is 10.6 Å². The Labute approximate surface area is 224 Å². The van der Waals surface area contributed by atoms with E-state index in [9.17, 15) is 4.79 Å². The lowest BCUT2D eigenvalue weighted by Crippen LogP contribution is -2.23. The minimum absolute atomic E-state index is 0.00823.